The van der Waals surface area contributed by atoms with Gasteiger partial charge in [0.25, 0.3) is 0 Å². The summed E-state index contributed by atoms with van der Waals surface area (Å²) < 4.78 is 18.8. The van der Waals surface area contributed by atoms with Gasteiger partial charge < -0.3 is 10.1 Å². The SMILES string of the molecule is COc1ccc(Nc2nc3cccc(-c4cccc(S(C)=O)c4)n3n2)cc1. The van der Waals surface area contributed by atoms with E-state index < -0.39 is 10.8 Å². The highest BCUT2D eigenvalue weighted by molar-refractivity contribution is 7.84. The standard InChI is InChI=1S/C20H18N4O2S/c1-26-16-11-9-15(10-12-16)21-20-22-19-8-4-7-18(24(19)23-20)14-5-3-6-17(13-14)27(2)25/h3-13H,1-2H3,(H,21,23). The van der Waals surface area contributed by atoms with Gasteiger partial charge in [-0.2, -0.15) is 4.98 Å². The summed E-state index contributed by atoms with van der Waals surface area (Å²) >= 11 is 0. The van der Waals surface area contributed by atoms with Gasteiger partial charge in [-0.15, -0.1) is 5.10 Å². The zero-order valence-corrected chi connectivity index (χ0v) is 15.7. The van der Waals surface area contributed by atoms with Crippen molar-refractivity contribution in [2.24, 2.45) is 0 Å². The van der Waals surface area contributed by atoms with E-state index in [9.17, 15) is 4.21 Å². The molecule has 2 aromatic heterocycles. The fraction of sp³-hybridized carbons (Fsp3) is 0.100. The average Bonchev–Trinajstić information content (AvgIpc) is 3.11. The summed E-state index contributed by atoms with van der Waals surface area (Å²) in [5.41, 5.74) is 3.42. The second-order valence-corrected chi connectivity index (χ2v) is 7.33. The molecule has 0 amide bonds. The van der Waals surface area contributed by atoms with Gasteiger partial charge in [-0.1, -0.05) is 18.2 Å². The Bertz CT molecular complexity index is 1120. The van der Waals surface area contributed by atoms with Gasteiger partial charge in [-0.05, 0) is 48.5 Å². The molecule has 6 nitrogen and oxygen atoms in total. The number of fused-ring (bicyclic) bond motifs is 1. The molecule has 0 radical (unpaired) electrons. The van der Waals surface area contributed by atoms with Crippen molar-refractivity contribution in [2.45, 2.75) is 4.90 Å². The maximum absolute atomic E-state index is 11.8. The fourth-order valence-corrected chi connectivity index (χ4v) is 3.38. The number of hydrogen-bond donors (Lipinski definition) is 1. The third kappa shape index (κ3) is 3.54. The molecule has 2 heterocycles. The number of methoxy groups -OCH3 is 1. The lowest BCUT2D eigenvalue weighted by molar-refractivity contribution is 0.415. The van der Waals surface area contributed by atoms with Gasteiger partial charge in [0, 0.05) is 33.2 Å². The number of ether oxygens (including phenoxy) is 1. The van der Waals surface area contributed by atoms with E-state index in [1.54, 1.807) is 17.9 Å². The molecule has 0 saturated carbocycles. The van der Waals surface area contributed by atoms with Crippen LogP contribution in [0.2, 0.25) is 0 Å². The predicted octanol–water partition coefficient (Wildman–Crippen LogP) is 3.89. The second kappa shape index (κ2) is 7.20. The second-order valence-electron chi connectivity index (χ2n) is 5.95. The average molecular weight is 378 g/mol. The van der Waals surface area contributed by atoms with Crippen LogP contribution in [0.4, 0.5) is 11.6 Å². The molecule has 4 rings (SSSR count). The van der Waals surface area contributed by atoms with Crippen LogP contribution in [0, 0.1) is 0 Å². The van der Waals surface area contributed by atoms with E-state index >= 15 is 0 Å². The van der Waals surface area contributed by atoms with Crippen molar-refractivity contribution >= 4 is 28.1 Å². The van der Waals surface area contributed by atoms with Gasteiger partial charge in [0.1, 0.15) is 5.75 Å². The molecule has 4 aromatic rings. The van der Waals surface area contributed by atoms with E-state index in [1.807, 2.05) is 66.7 Å². The van der Waals surface area contributed by atoms with Crippen LogP contribution in [0.3, 0.4) is 0 Å². The number of nitrogens with zero attached hydrogens (tertiary/aromatic N) is 3. The summed E-state index contributed by atoms with van der Waals surface area (Å²) in [6.07, 6.45) is 1.67. The molecule has 0 aliphatic carbocycles. The molecule has 0 fully saturated rings. The first kappa shape index (κ1) is 17.2. The Labute approximate surface area is 159 Å². The Morgan fingerprint density at radius 3 is 2.56 bits per heavy atom. The van der Waals surface area contributed by atoms with Crippen LogP contribution in [0.25, 0.3) is 16.9 Å². The van der Waals surface area contributed by atoms with Crippen LogP contribution in [0.1, 0.15) is 0 Å². The van der Waals surface area contributed by atoms with Gasteiger partial charge in [-0.3, -0.25) is 4.21 Å². The van der Waals surface area contributed by atoms with Crippen molar-refractivity contribution in [1.29, 1.82) is 0 Å². The van der Waals surface area contributed by atoms with Crippen molar-refractivity contribution < 1.29 is 8.95 Å². The molecule has 0 bridgehead atoms. The van der Waals surface area contributed by atoms with Crippen LogP contribution in [-0.2, 0) is 10.8 Å². The first-order valence-electron chi connectivity index (χ1n) is 8.35. The molecule has 1 N–H and O–H groups in total. The van der Waals surface area contributed by atoms with Crippen LogP contribution in [-0.4, -0.2) is 32.2 Å². The van der Waals surface area contributed by atoms with Crippen LogP contribution >= 0.6 is 0 Å². The van der Waals surface area contributed by atoms with Crippen molar-refractivity contribution in [3.63, 3.8) is 0 Å². The lowest BCUT2D eigenvalue weighted by Crippen LogP contribution is -1.96. The van der Waals surface area contributed by atoms with E-state index in [1.165, 1.54) is 0 Å². The summed E-state index contributed by atoms with van der Waals surface area (Å²) in [4.78, 5) is 5.32. The van der Waals surface area contributed by atoms with Crippen LogP contribution in [0.5, 0.6) is 5.75 Å². The molecular weight excluding hydrogens is 360 g/mol. The highest BCUT2D eigenvalue weighted by Gasteiger charge is 2.10. The molecule has 1 unspecified atom stereocenters. The zero-order valence-electron chi connectivity index (χ0n) is 14.9. The Hall–Kier alpha value is -3.19. The Kier molecular flexibility index (Phi) is 4.60. The molecule has 1 atom stereocenters. The first-order valence-corrected chi connectivity index (χ1v) is 9.90. The largest absolute Gasteiger partial charge is 0.497 e. The lowest BCUT2D eigenvalue weighted by Gasteiger charge is -2.06. The predicted molar refractivity (Wildman–Crippen MR) is 107 cm³/mol. The Morgan fingerprint density at radius 1 is 1.04 bits per heavy atom. The van der Waals surface area contributed by atoms with E-state index in [2.05, 4.69) is 15.4 Å². The van der Waals surface area contributed by atoms with Gasteiger partial charge in [0.15, 0.2) is 5.65 Å². The maximum Gasteiger partial charge on any atom is 0.247 e. The maximum atomic E-state index is 11.8. The molecule has 27 heavy (non-hydrogen) atoms. The summed E-state index contributed by atoms with van der Waals surface area (Å²) in [6, 6.07) is 21.0. The zero-order chi connectivity index (χ0) is 18.8. The summed E-state index contributed by atoms with van der Waals surface area (Å²) in [7, 11) is 0.597. The Balaban J connectivity index is 1.71. The van der Waals surface area contributed by atoms with Crippen molar-refractivity contribution in [3.05, 3.63) is 66.7 Å². The van der Waals surface area contributed by atoms with Crippen molar-refractivity contribution in [2.75, 3.05) is 18.7 Å². The third-order valence-electron chi connectivity index (χ3n) is 4.17. The molecule has 0 aliphatic heterocycles. The monoisotopic (exact) mass is 378 g/mol. The molecule has 0 saturated heterocycles. The van der Waals surface area contributed by atoms with Gasteiger partial charge in [0.2, 0.25) is 5.95 Å². The summed E-state index contributed by atoms with van der Waals surface area (Å²) in [6.45, 7) is 0. The van der Waals surface area contributed by atoms with Crippen LogP contribution in [0.15, 0.2) is 71.6 Å². The van der Waals surface area contributed by atoms with E-state index in [4.69, 9.17) is 4.74 Å². The molecule has 0 spiro atoms. The Morgan fingerprint density at radius 2 is 1.81 bits per heavy atom. The van der Waals surface area contributed by atoms with E-state index in [-0.39, 0.29) is 0 Å². The molecule has 2 aromatic carbocycles. The summed E-state index contributed by atoms with van der Waals surface area (Å²) in [5.74, 6) is 1.29. The smallest absolute Gasteiger partial charge is 0.247 e. The number of rotatable bonds is 5. The van der Waals surface area contributed by atoms with Gasteiger partial charge in [0.05, 0.1) is 12.8 Å². The first-order chi connectivity index (χ1) is 13.1. The molecular formula is C20H18N4O2S. The number of nitrogens with one attached hydrogen (secondary N) is 1. The van der Waals surface area contributed by atoms with Crippen molar-refractivity contribution in [1.82, 2.24) is 14.6 Å². The molecule has 136 valence electrons. The minimum atomic E-state index is -1.04. The number of aromatic nitrogens is 3. The number of anilines is 2. The lowest BCUT2D eigenvalue weighted by atomic mass is 10.1. The number of benzene rings is 2. The normalized spacial score (nSPS) is 12.1. The van der Waals surface area contributed by atoms with Gasteiger partial charge >= 0.3 is 0 Å². The summed E-state index contributed by atoms with van der Waals surface area (Å²) in [5, 5.41) is 7.79. The molecule has 0 aliphatic rings. The topological polar surface area (TPSA) is 68.5 Å². The quantitative estimate of drug-likeness (QED) is 0.571. The highest BCUT2D eigenvalue weighted by atomic mass is 32.2. The fourth-order valence-electron chi connectivity index (χ4n) is 2.81. The van der Waals surface area contributed by atoms with Gasteiger partial charge in [-0.25, -0.2) is 4.52 Å². The van der Waals surface area contributed by atoms with E-state index in [0.29, 0.717) is 5.95 Å². The number of pyridine rings is 1. The van der Waals surface area contributed by atoms with Crippen molar-refractivity contribution in [3.8, 4) is 17.0 Å². The minimum absolute atomic E-state index is 0.503. The number of hydrogen-bond acceptors (Lipinski definition) is 5. The van der Waals surface area contributed by atoms with Crippen LogP contribution < -0.4 is 10.1 Å². The minimum Gasteiger partial charge on any atom is -0.497 e. The van der Waals surface area contributed by atoms with E-state index in [0.717, 1.165) is 33.2 Å². The molecule has 7 heteroatoms. The highest BCUT2D eigenvalue weighted by Crippen LogP contribution is 2.24. The third-order valence-corrected chi connectivity index (χ3v) is 5.09.